The first-order valence-electron chi connectivity index (χ1n) is 5.30. The molecular weight excluding hydrogens is 272 g/mol. The van der Waals surface area contributed by atoms with E-state index in [9.17, 15) is 0 Å². The van der Waals surface area contributed by atoms with Crippen LogP contribution < -0.4 is 9.47 Å². The molecule has 1 unspecified atom stereocenters. The van der Waals surface area contributed by atoms with Gasteiger partial charge in [-0.3, -0.25) is 0 Å². The van der Waals surface area contributed by atoms with Crippen molar-refractivity contribution in [2.45, 2.75) is 17.9 Å². The van der Waals surface area contributed by atoms with Gasteiger partial charge in [-0.2, -0.15) is 0 Å². The summed E-state index contributed by atoms with van der Waals surface area (Å²) in [5.41, 5.74) is 1.17. The van der Waals surface area contributed by atoms with Gasteiger partial charge >= 0.3 is 0 Å². The quantitative estimate of drug-likeness (QED) is 0.797. The molecule has 1 aromatic carbocycles. The molecule has 3 nitrogen and oxygen atoms in total. The number of benzene rings is 1. The Balaban J connectivity index is 2.12. The van der Waals surface area contributed by atoms with Crippen LogP contribution in [0.3, 0.4) is 0 Å². The molecule has 1 aliphatic rings. The third-order valence-corrected chi connectivity index (χ3v) is 3.21. The molecule has 0 radical (unpaired) electrons. The average Bonchev–Trinajstić information content (AvgIpc) is 2.82. The minimum atomic E-state index is 0.156. The van der Waals surface area contributed by atoms with Crippen LogP contribution in [0.5, 0.6) is 11.5 Å². The fourth-order valence-electron chi connectivity index (χ4n) is 1.68. The molecule has 0 saturated carbocycles. The van der Waals surface area contributed by atoms with Gasteiger partial charge < -0.3 is 14.2 Å². The molecule has 1 aliphatic heterocycles. The molecule has 1 heterocycles. The van der Waals surface area contributed by atoms with Crippen molar-refractivity contribution in [1.29, 1.82) is 0 Å². The zero-order valence-corrected chi connectivity index (χ0v) is 10.8. The number of hydrogen-bond acceptors (Lipinski definition) is 3. The largest absolute Gasteiger partial charge is 0.493 e. The van der Waals surface area contributed by atoms with E-state index < -0.39 is 0 Å². The van der Waals surface area contributed by atoms with Crippen molar-refractivity contribution >= 4 is 15.9 Å². The Morgan fingerprint density at radius 3 is 2.94 bits per heavy atom. The second kappa shape index (κ2) is 5.55. The van der Waals surface area contributed by atoms with Gasteiger partial charge in [-0.25, -0.2) is 0 Å². The second-order valence-corrected chi connectivity index (χ2v) is 4.28. The van der Waals surface area contributed by atoms with Crippen LogP contribution in [0, 0.1) is 0 Å². The molecule has 1 aromatic rings. The molecule has 1 saturated heterocycles. The van der Waals surface area contributed by atoms with Crippen LogP contribution in [0.15, 0.2) is 18.2 Å². The Kier molecular flexibility index (Phi) is 4.07. The predicted octanol–water partition coefficient (Wildman–Crippen LogP) is 2.76. The van der Waals surface area contributed by atoms with Crippen molar-refractivity contribution < 1.29 is 14.2 Å². The number of alkyl halides is 1. The van der Waals surface area contributed by atoms with Gasteiger partial charge in [0.1, 0.15) is 6.10 Å². The highest BCUT2D eigenvalue weighted by molar-refractivity contribution is 9.08. The maximum absolute atomic E-state index is 5.83. The summed E-state index contributed by atoms with van der Waals surface area (Å²) in [6.45, 7) is 1.45. The second-order valence-electron chi connectivity index (χ2n) is 3.72. The van der Waals surface area contributed by atoms with E-state index in [-0.39, 0.29) is 6.10 Å². The van der Waals surface area contributed by atoms with Crippen LogP contribution in [0.1, 0.15) is 12.0 Å². The van der Waals surface area contributed by atoms with Crippen LogP contribution in [0.4, 0.5) is 0 Å². The monoisotopic (exact) mass is 286 g/mol. The molecule has 0 N–H and O–H groups in total. The average molecular weight is 287 g/mol. The van der Waals surface area contributed by atoms with Crippen molar-refractivity contribution in [1.82, 2.24) is 0 Å². The number of halogens is 1. The highest BCUT2D eigenvalue weighted by Gasteiger charge is 2.18. The number of hydrogen-bond donors (Lipinski definition) is 0. The maximum atomic E-state index is 5.83. The first-order valence-corrected chi connectivity index (χ1v) is 6.43. The van der Waals surface area contributed by atoms with Crippen LogP contribution >= 0.6 is 15.9 Å². The molecule has 88 valence electrons. The Hall–Kier alpha value is -0.740. The normalized spacial score (nSPS) is 19.8. The van der Waals surface area contributed by atoms with Gasteiger partial charge in [0.15, 0.2) is 11.5 Å². The number of methoxy groups -OCH3 is 1. The molecule has 0 spiro atoms. The fourth-order valence-corrected chi connectivity index (χ4v) is 2.03. The van der Waals surface area contributed by atoms with Gasteiger partial charge in [-0.1, -0.05) is 22.0 Å². The van der Waals surface area contributed by atoms with Crippen molar-refractivity contribution in [2.75, 3.05) is 20.3 Å². The van der Waals surface area contributed by atoms with Crippen LogP contribution in [-0.4, -0.2) is 26.4 Å². The summed E-state index contributed by atoms with van der Waals surface area (Å²) >= 11 is 3.42. The van der Waals surface area contributed by atoms with Crippen molar-refractivity contribution in [2.24, 2.45) is 0 Å². The van der Waals surface area contributed by atoms with E-state index in [1.165, 1.54) is 5.56 Å². The molecule has 16 heavy (non-hydrogen) atoms. The Bertz CT molecular complexity index is 348. The Morgan fingerprint density at radius 2 is 2.31 bits per heavy atom. The van der Waals surface area contributed by atoms with Gasteiger partial charge in [0.2, 0.25) is 0 Å². The number of rotatable bonds is 4. The Labute approximate surface area is 104 Å². The SMILES string of the molecule is COc1cc(CBr)ccc1OC1CCOC1. The summed E-state index contributed by atoms with van der Waals surface area (Å²) in [7, 11) is 1.66. The lowest BCUT2D eigenvalue weighted by Crippen LogP contribution is -2.16. The van der Waals surface area contributed by atoms with Gasteiger partial charge in [0.25, 0.3) is 0 Å². The van der Waals surface area contributed by atoms with E-state index in [2.05, 4.69) is 15.9 Å². The molecule has 1 atom stereocenters. The molecule has 1 fully saturated rings. The van der Waals surface area contributed by atoms with E-state index in [0.717, 1.165) is 29.9 Å². The van der Waals surface area contributed by atoms with Gasteiger partial charge in [0, 0.05) is 11.8 Å². The van der Waals surface area contributed by atoms with E-state index in [4.69, 9.17) is 14.2 Å². The van der Waals surface area contributed by atoms with Crippen molar-refractivity contribution in [3.8, 4) is 11.5 Å². The lowest BCUT2D eigenvalue weighted by molar-refractivity contribution is 0.138. The summed E-state index contributed by atoms with van der Waals surface area (Å²) < 4.78 is 16.4. The summed E-state index contributed by atoms with van der Waals surface area (Å²) in [5.74, 6) is 1.58. The molecule has 0 amide bonds. The Morgan fingerprint density at radius 1 is 1.44 bits per heavy atom. The van der Waals surface area contributed by atoms with E-state index >= 15 is 0 Å². The molecular formula is C12H15BrO3. The van der Waals surface area contributed by atoms with Crippen LogP contribution in [-0.2, 0) is 10.1 Å². The van der Waals surface area contributed by atoms with Gasteiger partial charge in [-0.15, -0.1) is 0 Å². The zero-order chi connectivity index (χ0) is 11.4. The molecule has 0 aliphatic carbocycles. The summed E-state index contributed by atoms with van der Waals surface area (Å²) in [6.07, 6.45) is 1.10. The van der Waals surface area contributed by atoms with Gasteiger partial charge in [-0.05, 0) is 17.7 Å². The molecule has 4 heteroatoms. The van der Waals surface area contributed by atoms with E-state index in [1.54, 1.807) is 7.11 Å². The van der Waals surface area contributed by atoms with Crippen LogP contribution in [0.2, 0.25) is 0 Å². The first-order chi connectivity index (χ1) is 7.83. The van der Waals surface area contributed by atoms with E-state index in [1.807, 2.05) is 18.2 Å². The predicted molar refractivity (Wildman–Crippen MR) is 65.5 cm³/mol. The lowest BCUT2D eigenvalue weighted by atomic mass is 10.2. The lowest BCUT2D eigenvalue weighted by Gasteiger charge is -2.15. The minimum absolute atomic E-state index is 0.156. The third kappa shape index (κ3) is 2.68. The summed E-state index contributed by atoms with van der Waals surface area (Å²) in [5, 5.41) is 0.816. The third-order valence-electron chi connectivity index (χ3n) is 2.56. The van der Waals surface area contributed by atoms with Gasteiger partial charge in [0.05, 0.1) is 20.3 Å². The molecule has 0 aromatic heterocycles. The number of ether oxygens (including phenoxy) is 3. The van der Waals surface area contributed by atoms with E-state index in [0.29, 0.717) is 6.61 Å². The topological polar surface area (TPSA) is 27.7 Å². The highest BCUT2D eigenvalue weighted by atomic mass is 79.9. The highest BCUT2D eigenvalue weighted by Crippen LogP contribution is 2.30. The minimum Gasteiger partial charge on any atom is -0.493 e. The molecule has 2 rings (SSSR count). The summed E-state index contributed by atoms with van der Waals surface area (Å²) in [6, 6.07) is 5.97. The standard InChI is InChI=1S/C12H15BrO3/c1-14-12-6-9(7-13)2-3-11(12)16-10-4-5-15-8-10/h2-3,6,10H,4-5,7-8H2,1H3. The van der Waals surface area contributed by atoms with Crippen LogP contribution in [0.25, 0.3) is 0 Å². The fraction of sp³-hybridized carbons (Fsp3) is 0.500. The smallest absolute Gasteiger partial charge is 0.161 e. The maximum Gasteiger partial charge on any atom is 0.161 e. The molecule has 0 bridgehead atoms. The first kappa shape index (κ1) is 11.7. The van der Waals surface area contributed by atoms with Crippen molar-refractivity contribution in [3.05, 3.63) is 23.8 Å². The zero-order valence-electron chi connectivity index (χ0n) is 9.24. The summed E-state index contributed by atoms with van der Waals surface area (Å²) in [4.78, 5) is 0. The van der Waals surface area contributed by atoms with Crippen molar-refractivity contribution in [3.63, 3.8) is 0 Å².